The summed E-state index contributed by atoms with van der Waals surface area (Å²) in [6, 6.07) is 2.31. The molecule has 2 rings (SSSR count). The lowest BCUT2D eigenvalue weighted by Gasteiger charge is -2.25. The third kappa shape index (κ3) is 4.73. The van der Waals surface area contributed by atoms with Gasteiger partial charge in [0.2, 0.25) is 0 Å². The van der Waals surface area contributed by atoms with Crippen LogP contribution in [0.3, 0.4) is 0 Å². The molecule has 2 atom stereocenters. The van der Waals surface area contributed by atoms with Crippen LogP contribution in [-0.2, 0) is 4.74 Å². The molecule has 1 saturated heterocycles. The van der Waals surface area contributed by atoms with E-state index in [2.05, 4.69) is 21.2 Å². The first-order chi connectivity index (χ1) is 10.1. The number of hydrogen-bond donors (Lipinski definition) is 1. The predicted molar refractivity (Wildman–Crippen MR) is 83.3 cm³/mol. The Balaban J connectivity index is 2.05. The molecule has 1 aromatic rings. The largest absolute Gasteiger partial charge is 0.378 e. The van der Waals surface area contributed by atoms with Crippen molar-refractivity contribution in [1.82, 2.24) is 5.32 Å². The second-order valence-electron chi connectivity index (χ2n) is 5.46. The van der Waals surface area contributed by atoms with Crippen LogP contribution < -0.4 is 5.32 Å². The van der Waals surface area contributed by atoms with Gasteiger partial charge in [0.1, 0.15) is 11.6 Å². The topological polar surface area (TPSA) is 21.3 Å². The van der Waals surface area contributed by atoms with E-state index in [-0.39, 0.29) is 22.4 Å². The molecule has 2 unspecified atom stereocenters. The summed E-state index contributed by atoms with van der Waals surface area (Å²) in [5, 5.41) is 3.25. The molecule has 0 aromatic heterocycles. The van der Waals surface area contributed by atoms with Crippen molar-refractivity contribution in [3.05, 3.63) is 33.8 Å². The molecule has 0 bridgehead atoms. The summed E-state index contributed by atoms with van der Waals surface area (Å²) in [7, 11) is 0. The number of benzene rings is 1. The molecule has 0 radical (unpaired) electrons. The fourth-order valence-electron chi connectivity index (χ4n) is 2.81. The highest BCUT2D eigenvalue weighted by molar-refractivity contribution is 9.10. The van der Waals surface area contributed by atoms with Gasteiger partial charge in [-0.3, -0.25) is 0 Å². The molecule has 21 heavy (non-hydrogen) atoms. The van der Waals surface area contributed by atoms with Gasteiger partial charge in [-0.15, -0.1) is 0 Å². The van der Waals surface area contributed by atoms with Crippen LogP contribution in [0.15, 0.2) is 16.6 Å². The summed E-state index contributed by atoms with van der Waals surface area (Å²) in [6.07, 6.45) is 5.25. The van der Waals surface area contributed by atoms with Crippen LogP contribution in [0.2, 0.25) is 0 Å². The number of hydrogen-bond acceptors (Lipinski definition) is 2. The molecule has 0 amide bonds. The standard InChI is InChI=1S/C16H22BrF2NO/c1-2-20-16(7-6-11-5-3-4-8-21-11)12-9-15(19)13(17)10-14(12)18/h9-11,16,20H,2-8H2,1H3. The van der Waals surface area contributed by atoms with Crippen LogP contribution in [-0.4, -0.2) is 19.3 Å². The maximum Gasteiger partial charge on any atom is 0.137 e. The van der Waals surface area contributed by atoms with Gasteiger partial charge in [0.25, 0.3) is 0 Å². The SMILES string of the molecule is CCNC(CCC1CCCCO1)c1cc(F)c(Br)cc1F. The molecule has 1 aliphatic heterocycles. The van der Waals surface area contributed by atoms with Crippen LogP contribution in [0.4, 0.5) is 8.78 Å². The van der Waals surface area contributed by atoms with Gasteiger partial charge in [-0.05, 0) is 66.7 Å². The summed E-state index contributed by atoms with van der Waals surface area (Å²) < 4.78 is 33.7. The minimum Gasteiger partial charge on any atom is -0.378 e. The van der Waals surface area contributed by atoms with Gasteiger partial charge in [-0.2, -0.15) is 0 Å². The van der Waals surface area contributed by atoms with Gasteiger partial charge < -0.3 is 10.1 Å². The zero-order valence-electron chi connectivity index (χ0n) is 12.3. The number of ether oxygens (including phenoxy) is 1. The highest BCUT2D eigenvalue weighted by Gasteiger charge is 2.20. The zero-order valence-corrected chi connectivity index (χ0v) is 13.9. The lowest BCUT2D eigenvalue weighted by Crippen LogP contribution is -2.25. The van der Waals surface area contributed by atoms with Crippen molar-refractivity contribution < 1.29 is 13.5 Å². The lowest BCUT2D eigenvalue weighted by molar-refractivity contribution is 0.00850. The number of halogens is 3. The van der Waals surface area contributed by atoms with Gasteiger partial charge in [0, 0.05) is 18.2 Å². The van der Waals surface area contributed by atoms with Crippen molar-refractivity contribution >= 4 is 15.9 Å². The Kier molecular flexibility index (Phi) is 6.58. The lowest BCUT2D eigenvalue weighted by atomic mass is 9.96. The second kappa shape index (κ2) is 8.20. The van der Waals surface area contributed by atoms with E-state index in [1.165, 1.54) is 18.6 Å². The Morgan fingerprint density at radius 1 is 1.33 bits per heavy atom. The molecule has 0 spiro atoms. The van der Waals surface area contributed by atoms with Crippen LogP contribution in [0.25, 0.3) is 0 Å². The van der Waals surface area contributed by atoms with Gasteiger partial charge in [0.15, 0.2) is 0 Å². The molecule has 1 fully saturated rings. The maximum absolute atomic E-state index is 14.1. The number of nitrogens with one attached hydrogen (secondary N) is 1. The number of rotatable bonds is 6. The van der Waals surface area contributed by atoms with Crippen LogP contribution in [0, 0.1) is 11.6 Å². The highest BCUT2D eigenvalue weighted by atomic mass is 79.9. The predicted octanol–water partition coefficient (Wildman–Crippen LogP) is 4.73. The molecule has 1 heterocycles. The summed E-state index contributed by atoms with van der Waals surface area (Å²) in [4.78, 5) is 0. The molecule has 0 saturated carbocycles. The third-order valence-electron chi connectivity index (χ3n) is 3.92. The smallest absolute Gasteiger partial charge is 0.137 e. The third-order valence-corrected chi connectivity index (χ3v) is 4.52. The molecule has 0 aliphatic carbocycles. The van der Waals surface area contributed by atoms with Gasteiger partial charge in [-0.1, -0.05) is 6.92 Å². The van der Waals surface area contributed by atoms with Crippen LogP contribution in [0.1, 0.15) is 50.6 Å². The first-order valence-electron chi connectivity index (χ1n) is 7.61. The minimum atomic E-state index is -0.428. The molecule has 5 heteroatoms. The minimum absolute atomic E-state index is 0.162. The van der Waals surface area contributed by atoms with Crippen molar-refractivity contribution in [2.75, 3.05) is 13.2 Å². The quantitative estimate of drug-likeness (QED) is 0.739. The van der Waals surface area contributed by atoms with Crippen LogP contribution >= 0.6 is 15.9 Å². The van der Waals surface area contributed by atoms with Crippen molar-refractivity contribution in [2.24, 2.45) is 0 Å². The average molecular weight is 362 g/mol. The first-order valence-corrected chi connectivity index (χ1v) is 8.40. The molecule has 1 aromatic carbocycles. The van der Waals surface area contributed by atoms with Crippen molar-refractivity contribution in [3.8, 4) is 0 Å². The first kappa shape index (κ1) is 16.8. The highest BCUT2D eigenvalue weighted by Crippen LogP contribution is 2.28. The maximum atomic E-state index is 14.1. The molecular weight excluding hydrogens is 340 g/mol. The molecule has 1 N–H and O–H groups in total. The Morgan fingerprint density at radius 3 is 2.81 bits per heavy atom. The second-order valence-corrected chi connectivity index (χ2v) is 6.32. The normalized spacial score (nSPS) is 20.5. The van der Waals surface area contributed by atoms with E-state index in [9.17, 15) is 8.78 Å². The summed E-state index contributed by atoms with van der Waals surface area (Å²) in [5.74, 6) is -0.804. The van der Waals surface area contributed by atoms with Crippen molar-refractivity contribution in [3.63, 3.8) is 0 Å². The van der Waals surface area contributed by atoms with Crippen LogP contribution in [0.5, 0.6) is 0 Å². The summed E-state index contributed by atoms with van der Waals surface area (Å²) in [5.41, 5.74) is 0.397. The molecular formula is C16H22BrF2NO. The van der Waals surface area contributed by atoms with E-state index in [1.807, 2.05) is 6.92 Å². The van der Waals surface area contributed by atoms with E-state index in [1.54, 1.807) is 0 Å². The Labute approximate surface area is 133 Å². The molecule has 2 nitrogen and oxygen atoms in total. The fraction of sp³-hybridized carbons (Fsp3) is 0.625. The van der Waals surface area contributed by atoms with Crippen molar-refractivity contribution in [2.45, 2.75) is 51.2 Å². The van der Waals surface area contributed by atoms with E-state index in [0.29, 0.717) is 12.1 Å². The Hall–Kier alpha value is -0.520. The van der Waals surface area contributed by atoms with E-state index in [0.717, 1.165) is 32.3 Å². The van der Waals surface area contributed by atoms with Gasteiger partial charge >= 0.3 is 0 Å². The van der Waals surface area contributed by atoms with Crippen molar-refractivity contribution in [1.29, 1.82) is 0 Å². The van der Waals surface area contributed by atoms with E-state index in [4.69, 9.17) is 4.74 Å². The van der Waals surface area contributed by atoms with Gasteiger partial charge in [0.05, 0.1) is 10.6 Å². The zero-order chi connectivity index (χ0) is 15.2. The van der Waals surface area contributed by atoms with E-state index < -0.39 is 5.82 Å². The summed E-state index contributed by atoms with van der Waals surface area (Å²) in [6.45, 7) is 3.50. The van der Waals surface area contributed by atoms with E-state index >= 15 is 0 Å². The Bertz CT molecular complexity index is 464. The Morgan fingerprint density at radius 2 is 2.14 bits per heavy atom. The van der Waals surface area contributed by atoms with Gasteiger partial charge in [-0.25, -0.2) is 8.78 Å². The monoisotopic (exact) mass is 361 g/mol. The fourth-order valence-corrected chi connectivity index (χ4v) is 3.12. The molecule has 118 valence electrons. The summed E-state index contributed by atoms with van der Waals surface area (Å²) >= 11 is 3.01. The molecule has 1 aliphatic rings. The average Bonchev–Trinajstić information content (AvgIpc) is 2.48.